The van der Waals surface area contributed by atoms with E-state index >= 15 is 0 Å². The molecule has 0 fully saturated rings. The highest BCUT2D eigenvalue weighted by Crippen LogP contribution is 2.34. The van der Waals surface area contributed by atoms with Crippen LogP contribution in [0.15, 0.2) is 9.95 Å². The number of fused-ring (bicyclic) bond motifs is 3. The molecule has 2 aromatic rings. The van der Waals surface area contributed by atoms with Gasteiger partial charge in [-0.25, -0.2) is 4.98 Å². The summed E-state index contributed by atoms with van der Waals surface area (Å²) in [6.45, 7) is 0.0612. The number of aromatic nitrogens is 2. The number of amides is 1. The highest BCUT2D eigenvalue weighted by Gasteiger charge is 2.22. The molecule has 0 radical (unpaired) electrons. The number of nitrogens with zero attached hydrogens (tertiary/aromatic N) is 3. The fraction of sp³-hybridized carbons (Fsp3) is 0.588. The Kier molecular flexibility index (Phi) is 6.33. The number of aliphatic hydroxyl groups is 2. The first-order chi connectivity index (χ1) is 12.6. The van der Waals surface area contributed by atoms with Gasteiger partial charge in [0.25, 0.3) is 5.56 Å². The van der Waals surface area contributed by atoms with E-state index in [0.717, 1.165) is 41.5 Å². The summed E-state index contributed by atoms with van der Waals surface area (Å²) in [4.78, 5) is 33.2. The molecule has 2 heterocycles. The van der Waals surface area contributed by atoms with Crippen LogP contribution in [0.2, 0.25) is 0 Å². The molecule has 1 amide bonds. The Morgan fingerprint density at radius 3 is 2.65 bits per heavy atom. The van der Waals surface area contributed by atoms with Crippen LogP contribution in [0.4, 0.5) is 0 Å². The molecule has 1 aliphatic carbocycles. The monoisotopic (exact) mass is 397 g/mol. The normalized spacial score (nSPS) is 13.8. The molecule has 2 aromatic heterocycles. The number of thiophene rings is 1. The number of hydrogen-bond donors (Lipinski definition) is 2. The third-order valence-electron chi connectivity index (χ3n) is 4.57. The van der Waals surface area contributed by atoms with Gasteiger partial charge in [0.15, 0.2) is 5.16 Å². The smallest absolute Gasteiger partial charge is 0.262 e. The lowest BCUT2D eigenvalue weighted by atomic mass is 9.97. The van der Waals surface area contributed by atoms with E-state index in [4.69, 9.17) is 10.2 Å². The van der Waals surface area contributed by atoms with Gasteiger partial charge in [-0.15, -0.1) is 11.3 Å². The maximum Gasteiger partial charge on any atom is 0.262 e. The van der Waals surface area contributed by atoms with Crippen molar-refractivity contribution in [1.82, 2.24) is 14.5 Å². The van der Waals surface area contributed by atoms with Crippen LogP contribution >= 0.6 is 23.1 Å². The summed E-state index contributed by atoms with van der Waals surface area (Å²) in [7, 11) is 1.69. The number of carbonyl (C=O) groups is 1. The number of rotatable bonds is 7. The maximum atomic E-state index is 12.8. The molecular formula is C17H23N3O4S2. The fourth-order valence-corrected chi connectivity index (χ4v) is 5.39. The second-order valence-electron chi connectivity index (χ2n) is 6.27. The fourth-order valence-electron chi connectivity index (χ4n) is 3.22. The van der Waals surface area contributed by atoms with Gasteiger partial charge in [-0.3, -0.25) is 14.2 Å². The molecule has 3 rings (SSSR count). The average Bonchev–Trinajstić information content (AvgIpc) is 3.01. The molecule has 0 saturated carbocycles. The lowest BCUT2D eigenvalue weighted by molar-refractivity contribution is -0.129. The molecule has 9 heteroatoms. The third-order valence-corrected chi connectivity index (χ3v) is 6.77. The lowest BCUT2D eigenvalue weighted by Crippen LogP contribution is -2.37. The van der Waals surface area contributed by atoms with Gasteiger partial charge in [0.1, 0.15) is 4.83 Å². The minimum atomic E-state index is -0.196. The predicted octanol–water partition coefficient (Wildman–Crippen LogP) is 0.779. The number of carbonyl (C=O) groups excluding carboxylic acids is 1. The molecule has 26 heavy (non-hydrogen) atoms. The standard InChI is InChI=1S/C17H23N3O4S2/c1-19-16(24)14-11-4-2-3-5-12(11)26-15(14)18-17(19)25-10-13(23)20(6-8-21)7-9-22/h21-22H,2-10H2,1H3. The van der Waals surface area contributed by atoms with Gasteiger partial charge in [0.2, 0.25) is 5.91 Å². The molecule has 142 valence electrons. The van der Waals surface area contributed by atoms with Gasteiger partial charge >= 0.3 is 0 Å². The Morgan fingerprint density at radius 1 is 1.27 bits per heavy atom. The maximum absolute atomic E-state index is 12.8. The van der Waals surface area contributed by atoms with Crippen LogP contribution in [-0.4, -0.2) is 62.6 Å². The van der Waals surface area contributed by atoms with E-state index in [0.29, 0.717) is 5.16 Å². The molecule has 7 nitrogen and oxygen atoms in total. The average molecular weight is 398 g/mol. The Labute approximate surface area is 159 Å². The molecule has 0 bridgehead atoms. The molecule has 0 saturated heterocycles. The van der Waals surface area contributed by atoms with E-state index in [1.807, 2.05) is 0 Å². The summed E-state index contributed by atoms with van der Waals surface area (Å²) in [6, 6.07) is 0. The first-order valence-corrected chi connectivity index (χ1v) is 10.5. The summed E-state index contributed by atoms with van der Waals surface area (Å²) < 4.78 is 1.52. The number of thioether (sulfide) groups is 1. The number of aliphatic hydroxyl groups excluding tert-OH is 2. The van der Waals surface area contributed by atoms with Gasteiger partial charge in [0, 0.05) is 25.0 Å². The van der Waals surface area contributed by atoms with Gasteiger partial charge in [-0.05, 0) is 31.2 Å². The summed E-state index contributed by atoms with van der Waals surface area (Å²) in [5, 5.41) is 19.3. The molecule has 1 aliphatic rings. The molecule has 0 spiro atoms. The summed E-state index contributed by atoms with van der Waals surface area (Å²) in [5.74, 6) is -0.0884. The molecule has 0 aromatic carbocycles. The zero-order valence-corrected chi connectivity index (χ0v) is 16.4. The molecule has 0 unspecified atom stereocenters. The highest BCUT2D eigenvalue weighted by atomic mass is 32.2. The van der Waals surface area contributed by atoms with Crippen LogP contribution in [0, 0.1) is 0 Å². The van der Waals surface area contributed by atoms with Crippen molar-refractivity contribution in [3.05, 3.63) is 20.8 Å². The van der Waals surface area contributed by atoms with Crippen molar-refractivity contribution < 1.29 is 15.0 Å². The van der Waals surface area contributed by atoms with E-state index in [9.17, 15) is 9.59 Å². The second-order valence-corrected chi connectivity index (χ2v) is 8.29. The van der Waals surface area contributed by atoms with E-state index in [1.54, 1.807) is 18.4 Å². The molecule has 0 aliphatic heterocycles. The van der Waals surface area contributed by atoms with E-state index in [-0.39, 0.29) is 43.5 Å². The predicted molar refractivity (Wildman–Crippen MR) is 103 cm³/mol. The van der Waals surface area contributed by atoms with Crippen LogP contribution < -0.4 is 5.56 Å². The van der Waals surface area contributed by atoms with Crippen molar-refractivity contribution in [2.24, 2.45) is 7.05 Å². The zero-order chi connectivity index (χ0) is 18.7. The Morgan fingerprint density at radius 2 is 1.96 bits per heavy atom. The minimum absolute atomic E-state index is 0.0491. The van der Waals surface area contributed by atoms with Gasteiger partial charge in [-0.2, -0.15) is 0 Å². The summed E-state index contributed by atoms with van der Waals surface area (Å²) in [5.41, 5.74) is 1.11. The summed E-state index contributed by atoms with van der Waals surface area (Å²) in [6.07, 6.45) is 4.21. The quantitative estimate of drug-likeness (QED) is 0.530. The highest BCUT2D eigenvalue weighted by molar-refractivity contribution is 7.99. The Hall–Kier alpha value is -1.42. The van der Waals surface area contributed by atoms with Crippen LogP contribution in [0.1, 0.15) is 23.3 Å². The molecule has 0 atom stereocenters. The van der Waals surface area contributed by atoms with Crippen LogP contribution in [0.5, 0.6) is 0 Å². The van der Waals surface area contributed by atoms with E-state index < -0.39 is 0 Å². The largest absolute Gasteiger partial charge is 0.395 e. The van der Waals surface area contributed by atoms with Crippen molar-refractivity contribution in [2.45, 2.75) is 30.8 Å². The number of hydrogen-bond acceptors (Lipinski definition) is 7. The SMILES string of the molecule is Cn1c(SCC(=O)N(CCO)CCO)nc2sc3c(c2c1=O)CCCC3. The molecule has 2 N–H and O–H groups in total. The van der Waals surface area contributed by atoms with Crippen molar-refractivity contribution in [1.29, 1.82) is 0 Å². The minimum Gasteiger partial charge on any atom is -0.395 e. The topological polar surface area (TPSA) is 95.7 Å². The first kappa shape index (κ1) is 19.3. The van der Waals surface area contributed by atoms with E-state index in [1.165, 1.54) is 26.1 Å². The van der Waals surface area contributed by atoms with Crippen molar-refractivity contribution in [3.8, 4) is 0 Å². The van der Waals surface area contributed by atoms with Crippen LogP contribution in [0.3, 0.4) is 0 Å². The Bertz CT molecular complexity index is 856. The molecular weight excluding hydrogens is 374 g/mol. The van der Waals surface area contributed by atoms with Crippen LogP contribution in [-0.2, 0) is 24.7 Å². The zero-order valence-electron chi connectivity index (χ0n) is 14.7. The summed E-state index contributed by atoms with van der Waals surface area (Å²) >= 11 is 2.81. The van der Waals surface area contributed by atoms with Crippen molar-refractivity contribution >= 4 is 39.2 Å². The van der Waals surface area contributed by atoms with Crippen molar-refractivity contribution in [3.63, 3.8) is 0 Å². The van der Waals surface area contributed by atoms with E-state index in [2.05, 4.69) is 4.98 Å². The lowest BCUT2D eigenvalue weighted by Gasteiger charge is -2.20. The van der Waals surface area contributed by atoms with Gasteiger partial charge in [0.05, 0.1) is 24.4 Å². The number of aryl methyl sites for hydroxylation is 2. The van der Waals surface area contributed by atoms with Crippen LogP contribution in [0.25, 0.3) is 10.2 Å². The first-order valence-electron chi connectivity index (χ1n) is 8.70. The second kappa shape index (κ2) is 8.51. The third kappa shape index (κ3) is 3.80. The van der Waals surface area contributed by atoms with Gasteiger partial charge < -0.3 is 15.1 Å². The Balaban J connectivity index is 1.83. The van der Waals surface area contributed by atoms with Crippen molar-refractivity contribution in [2.75, 3.05) is 32.1 Å². The van der Waals surface area contributed by atoms with Gasteiger partial charge in [-0.1, -0.05) is 11.8 Å².